The molecule has 13 nitrogen and oxygen atoms in total. The van der Waals surface area contributed by atoms with Crippen molar-refractivity contribution in [2.45, 2.75) is 69.5 Å². The molecule has 47 heavy (non-hydrogen) atoms. The largest absolute Gasteiger partial charge is 0.497 e. The molecule has 0 spiro atoms. The van der Waals surface area contributed by atoms with Gasteiger partial charge in [-0.1, -0.05) is 44.2 Å². The molecule has 0 unspecified atom stereocenters. The van der Waals surface area contributed by atoms with Crippen molar-refractivity contribution in [2.75, 3.05) is 46.6 Å². The van der Waals surface area contributed by atoms with Gasteiger partial charge in [-0.2, -0.15) is 4.31 Å². The predicted molar refractivity (Wildman–Crippen MR) is 172 cm³/mol. The first-order valence-corrected chi connectivity index (χ1v) is 17.3. The summed E-state index contributed by atoms with van der Waals surface area (Å²) in [5, 5.41) is 17.2. The van der Waals surface area contributed by atoms with Gasteiger partial charge in [0.1, 0.15) is 11.9 Å². The van der Waals surface area contributed by atoms with Gasteiger partial charge in [0.05, 0.1) is 49.9 Å². The first-order valence-electron chi connectivity index (χ1n) is 15.9. The van der Waals surface area contributed by atoms with Crippen LogP contribution in [-0.4, -0.2) is 101 Å². The summed E-state index contributed by atoms with van der Waals surface area (Å²) in [6.45, 7) is 6.37. The lowest BCUT2D eigenvalue weighted by atomic mass is 9.89. The number of nitrogens with zero attached hydrogens (tertiary/aromatic N) is 1. The smallest absolute Gasteiger partial charge is 0.407 e. The van der Waals surface area contributed by atoms with Crippen LogP contribution in [0.5, 0.6) is 5.75 Å². The molecule has 0 saturated carbocycles. The van der Waals surface area contributed by atoms with Crippen LogP contribution in [0.1, 0.15) is 39.2 Å². The van der Waals surface area contributed by atoms with Crippen LogP contribution in [0, 0.1) is 11.3 Å². The van der Waals surface area contributed by atoms with Gasteiger partial charge in [-0.3, -0.25) is 0 Å². The van der Waals surface area contributed by atoms with Gasteiger partial charge in [-0.05, 0) is 61.4 Å². The zero-order chi connectivity index (χ0) is 34.0. The number of aliphatic hydroxyl groups is 1. The molecule has 14 heteroatoms. The number of methoxy groups -OCH3 is 1. The molecule has 2 saturated heterocycles. The standard InChI is InChI=1S/C33H47N3O10S/c1-5-43-31(38)34-17-16-33(2,3)22-36(47(40,41)25-13-11-24(42-4)12-14-25)20-28(37)27(19-23-9-7-6-8-10-23)35-32(39)46-29-21-45-30-26(29)15-18-44-30/h6-14,26-30,37H,5,15-22H2,1-4H3,(H,34,38)(H,35,39)/t26-,27-,28+,29-,30+/m0/s1. The molecule has 4 rings (SSSR count). The lowest BCUT2D eigenvalue weighted by Crippen LogP contribution is -2.52. The van der Waals surface area contributed by atoms with E-state index in [0.29, 0.717) is 25.2 Å². The Labute approximate surface area is 276 Å². The molecule has 5 atom stereocenters. The Morgan fingerprint density at radius 2 is 1.81 bits per heavy atom. The van der Waals surface area contributed by atoms with Crippen LogP contribution in [-0.2, 0) is 35.4 Å². The molecule has 2 aliphatic heterocycles. The fraction of sp³-hybridized carbons (Fsp3) is 0.576. The molecule has 0 radical (unpaired) electrons. The van der Waals surface area contributed by atoms with Crippen LogP contribution < -0.4 is 15.4 Å². The van der Waals surface area contributed by atoms with E-state index in [2.05, 4.69) is 10.6 Å². The summed E-state index contributed by atoms with van der Waals surface area (Å²) in [4.78, 5) is 25.0. The summed E-state index contributed by atoms with van der Waals surface area (Å²) in [5.41, 5.74) is 0.197. The maximum Gasteiger partial charge on any atom is 0.407 e. The van der Waals surface area contributed by atoms with Crippen LogP contribution in [0.4, 0.5) is 9.59 Å². The Balaban J connectivity index is 1.54. The maximum absolute atomic E-state index is 14.1. The monoisotopic (exact) mass is 677 g/mol. The number of alkyl carbamates (subject to hydrolysis) is 2. The van der Waals surface area contributed by atoms with Gasteiger partial charge in [-0.25, -0.2) is 18.0 Å². The minimum atomic E-state index is -4.14. The van der Waals surface area contributed by atoms with E-state index in [1.165, 1.54) is 23.5 Å². The number of carbonyl (C=O) groups is 2. The Morgan fingerprint density at radius 1 is 1.09 bits per heavy atom. The van der Waals surface area contributed by atoms with E-state index in [4.69, 9.17) is 23.7 Å². The fourth-order valence-electron chi connectivity index (χ4n) is 5.74. The van der Waals surface area contributed by atoms with Gasteiger partial charge >= 0.3 is 12.2 Å². The third-order valence-corrected chi connectivity index (χ3v) is 10.2. The zero-order valence-corrected chi connectivity index (χ0v) is 28.2. The van der Waals surface area contributed by atoms with E-state index in [1.807, 2.05) is 44.2 Å². The van der Waals surface area contributed by atoms with Gasteiger partial charge < -0.3 is 39.4 Å². The summed E-state index contributed by atoms with van der Waals surface area (Å²) >= 11 is 0. The number of aliphatic hydroxyl groups excluding tert-OH is 1. The van der Waals surface area contributed by atoms with Gasteiger partial charge in [0, 0.05) is 19.6 Å². The van der Waals surface area contributed by atoms with Crippen molar-refractivity contribution in [1.29, 1.82) is 0 Å². The predicted octanol–water partition coefficient (Wildman–Crippen LogP) is 3.31. The second kappa shape index (κ2) is 16.6. The highest BCUT2D eigenvalue weighted by Gasteiger charge is 2.44. The van der Waals surface area contributed by atoms with E-state index in [-0.39, 0.29) is 50.1 Å². The molecule has 2 fully saturated rings. The molecule has 0 aliphatic carbocycles. The fourth-order valence-corrected chi connectivity index (χ4v) is 7.39. The van der Waals surface area contributed by atoms with Crippen molar-refractivity contribution >= 4 is 22.2 Å². The molecule has 0 aromatic heterocycles. The van der Waals surface area contributed by atoms with E-state index in [0.717, 1.165) is 5.56 Å². The lowest BCUT2D eigenvalue weighted by molar-refractivity contribution is -0.0907. The van der Waals surface area contributed by atoms with Crippen molar-refractivity contribution in [3.05, 3.63) is 60.2 Å². The second-order valence-corrected chi connectivity index (χ2v) is 14.4. The Kier molecular flexibility index (Phi) is 12.9. The summed E-state index contributed by atoms with van der Waals surface area (Å²) in [5.74, 6) is 0.429. The first kappa shape index (κ1) is 36.4. The molecule has 3 N–H and O–H groups in total. The third-order valence-electron chi connectivity index (χ3n) is 8.35. The summed E-state index contributed by atoms with van der Waals surface area (Å²) in [6.07, 6.45) is -2.15. The number of hydrogen-bond donors (Lipinski definition) is 3. The second-order valence-electron chi connectivity index (χ2n) is 12.5. The summed E-state index contributed by atoms with van der Waals surface area (Å²) in [7, 11) is -2.65. The van der Waals surface area contributed by atoms with Crippen molar-refractivity contribution < 1.29 is 46.8 Å². The molecule has 0 bridgehead atoms. The van der Waals surface area contributed by atoms with Gasteiger partial charge in [0.25, 0.3) is 0 Å². The Bertz CT molecular complexity index is 1410. The lowest BCUT2D eigenvalue weighted by Gasteiger charge is -2.35. The van der Waals surface area contributed by atoms with Crippen molar-refractivity contribution in [2.24, 2.45) is 11.3 Å². The topological polar surface area (TPSA) is 162 Å². The molecule has 2 heterocycles. The molecule has 260 valence electrons. The SMILES string of the molecule is CCOC(=O)NCCC(C)(C)CN(C[C@@H](O)[C@H](Cc1ccccc1)NC(=O)O[C@H]1CO[C@H]2OCC[C@H]21)S(=O)(=O)c1ccc(OC)cc1. The van der Waals surface area contributed by atoms with E-state index in [9.17, 15) is 23.1 Å². The van der Waals surface area contributed by atoms with Crippen LogP contribution in [0.15, 0.2) is 59.5 Å². The minimum absolute atomic E-state index is 0.00785. The number of amides is 2. The molecule has 2 amide bonds. The highest BCUT2D eigenvalue weighted by Crippen LogP contribution is 2.33. The Hall–Kier alpha value is -3.43. The number of fused-ring (bicyclic) bond motifs is 1. The average Bonchev–Trinajstić information content (AvgIpc) is 3.66. The molecule has 2 aromatic carbocycles. The third kappa shape index (κ3) is 10.3. The van der Waals surface area contributed by atoms with Gasteiger partial charge in [0.2, 0.25) is 10.0 Å². The normalized spacial score (nSPS) is 20.7. The average molecular weight is 678 g/mol. The van der Waals surface area contributed by atoms with Gasteiger partial charge in [0.15, 0.2) is 6.29 Å². The van der Waals surface area contributed by atoms with E-state index >= 15 is 0 Å². The number of carbonyl (C=O) groups excluding carboxylic acids is 2. The van der Waals surface area contributed by atoms with E-state index < -0.39 is 52.2 Å². The number of ether oxygens (including phenoxy) is 5. The number of benzene rings is 2. The maximum atomic E-state index is 14.1. The number of hydrogen-bond acceptors (Lipinski definition) is 10. The van der Waals surface area contributed by atoms with Crippen molar-refractivity contribution in [1.82, 2.24) is 14.9 Å². The number of sulfonamides is 1. The van der Waals surface area contributed by atoms with Crippen LogP contribution in [0.25, 0.3) is 0 Å². The highest BCUT2D eigenvalue weighted by atomic mass is 32.2. The zero-order valence-electron chi connectivity index (χ0n) is 27.4. The van der Waals surface area contributed by atoms with Crippen LogP contribution >= 0.6 is 0 Å². The number of rotatable bonds is 16. The highest BCUT2D eigenvalue weighted by molar-refractivity contribution is 7.89. The summed E-state index contributed by atoms with van der Waals surface area (Å²) < 4.78 is 56.4. The molecule has 2 aromatic rings. The van der Waals surface area contributed by atoms with E-state index in [1.54, 1.807) is 19.1 Å². The van der Waals surface area contributed by atoms with Crippen LogP contribution in [0.2, 0.25) is 0 Å². The van der Waals surface area contributed by atoms with Crippen molar-refractivity contribution in [3.63, 3.8) is 0 Å². The quantitative estimate of drug-likeness (QED) is 0.240. The molecular formula is C33H47N3O10S. The number of nitrogens with one attached hydrogen (secondary N) is 2. The minimum Gasteiger partial charge on any atom is -0.497 e. The van der Waals surface area contributed by atoms with Crippen molar-refractivity contribution in [3.8, 4) is 5.75 Å². The Morgan fingerprint density at radius 3 is 2.49 bits per heavy atom. The molecular weight excluding hydrogens is 630 g/mol. The molecule has 2 aliphatic rings. The van der Waals surface area contributed by atoms with Crippen LogP contribution in [0.3, 0.4) is 0 Å². The van der Waals surface area contributed by atoms with Gasteiger partial charge in [-0.15, -0.1) is 0 Å². The summed E-state index contributed by atoms with van der Waals surface area (Å²) in [6, 6.07) is 14.4. The first-order chi connectivity index (χ1) is 22.4.